The second-order valence-corrected chi connectivity index (χ2v) is 4.93. The van der Waals surface area contributed by atoms with Gasteiger partial charge in [-0.1, -0.05) is 28.8 Å². The summed E-state index contributed by atoms with van der Waals surface area (Å²) in [6.07, 6.45) is 8.37. The average Bonchev–Trinajstić information content (AvgIpc) is 2.13. The van der Waals surface area contributed by atoms with Gasteiger partial charge in [-0.25, -0.2) is 0 Å². The van der Waals surface area contributed by atoms with Gasteiger partial charge in [-0.2, -0.15) is 0 Å². The Bertz CT molecular complexity index is 204. The van der Waals surface area contributed by atoms with Crippen LogP contribution in [-0.2, 0) is 9.47 Å². The van der Waals surface area contributed by atoms with Crippen molar-refractivity contribution in [1.82, 2.24) is 0 Å². The van der Waals surface area contributed by atoms with Gasteiger partial charge in [-0.05, 0) is 43.7 Å². The molecule has 0 saturated heterocycles. The van der Waals surface area contributed by atoms with E-state index in [0.29, 0.717) is 6.61 Å². The predicted octanol–water partition coefficient (Wildman–Crippen LogP) is 4.00. The minimum Gasteiger partial charge on any atom is -0.353 e. The number of ether oxygens (including phenoxy) is 2. The first-order valence-corrected chi connectivity index (χ1v) is 6.65. The molecule has 0 fully saturated rings. The maximum atomic E-state index is 5.81. The van der Waals surface area contributed by atoms with Crippen molar-refractivity contribution in [2.45, 2.75) is 58.3 Å². The van der Waals surface area contributed by atoms with Crippen LogP contribution in [0, 0.1) is 0 Å². The van der Waals surface area contributed by atoms with Gasteiger partial charge in [-0.3, -0.25) is 0 Å². The van der Waals surface area contributed by atoms with Gasteiger partial charge in [0.05, 0.1) is 6.10 Å². The topological polar surface area (TPSA) is 18.5 Å². The lowest BCUT2D eigenvalue weighted by Crippen LogP contribution is -2.21. The van der Waals surface area contributed by atoms with Gasteiger partial charge in [0.25, 0.3) is 0 Å². The third kappa shape index (κ3) is 5.69. The second-order valence-electron chi connectivity index (χ2n) is 3.91. The minimum absolute atomic E-state index is 0.101. The van der Waals surface area contributed by atoms with E-state index in [2.05, 4.69) is 22.0 Å². The Morgan fingerprint density at radius 1 is 1.47 bits per heavy atom. The zero-order valence-electron chi connectivity index (χ0n) is 9.67. The molecule has 1 aliphatic rings. The molecule has 0 amide bonds. The first kappa shape index (κ1) is 13.2. The van der Waals surface area contributed by atoms with Crippen LogP contribution in [-0.4, -0.2) is 19.0 Å². The van der Waals surface area contributed by atoms with Crippen molar-refractivity contribution in [3.05, 3.63) is 10.6 Å². The molecular weight excluding hydrogens is 256 g/mol. The Kier molecular flexibility index (Phi) is 6.53. The minimum atomic E-state index is -0.101. The van der Waals surface area contributed by atoms with E-state index < -0.39 is 0 Å². The lowest BCUT2D eigenvalue weighted by molar-refractivity contribution is -0.147. The fourth-order valence-electron chi connectivity index (χ4n) is 1.81. The summed E-state index contributed by atoms with van der Waals surface area (Å²) < 4.78 is 12.5. The van der Waals surface area contributed by atoms with Crippen LogP contribution in [0.4, 0.5) is 0 Å². The van der Waals surface area contributed by atoms with Crippen molar-refractivity contribution in [3.8, 4) is 0 Å². The molecule has 15 heavy (non-hydrogen) atoms. The van der Waals surface area contributed by atoms with Crippen molar-refractivity contribution in [1.29, 1.82) is 0 Å². The second kappa shape index (κ2) is 7.42. The first-order chi connectivity index (χ1) is 7.22. The van der Waals surface area contributed by atoms with Gasteiger partial charge in [0, 0.05) is 6.61 Å². The molecule has 0 bridgehead atoms. The fourth-order valence-corrected chi connectivity index (χ4v) is 2.39. The van der Waals surface area contributed by atoms with E-state index in [1.165, 1.54) is 23.7 Å². The molecule has 0 aliphatic heterocycles. The summed E-state index contributed by atoms with van der Waals surface area (Å²) in [4.78, 5) is 0. The van der Waals surface area contributed by atoms with E-state index in [9.17, 15) is 0 Å². The summed E-state index contributed by atoms with van der Waals surface area (Å²) in [5, 5.41) is 0. The maximum absolute atomic E-state index is 5.81. The van der Waals surface area contributed by atoms with Crippen molar-refractivity contribution < 1.29 is 9.47 Å². The standard InChI is InChI=1S/C12H21BrO2/c1-3-14-10(2)15-12-8-6-4-5-7-11(13)9-12/h9-10,12H,3-8H2,1-2H3/b11-9+. The molecule has 0 spiro atoms. The summed E-state index contributed by atoms with van der Waals surface area (Å²) in [5.41, 5.74) is 0. The SMILES string of the molecule is CCOC(C)OC1/C=C(/Br)CCCCC1. The number of hydrogen-bond donors (Lipinski definition) is 0. The normalized spacial score (nSPS) is 28.7. The Labute approximate surface area is 101 Å². The Balaban J connectivity index is 2.42. The lowest BCUT2D eigenvalue weighted by Gasteiger charge is -2.21. The monoisotopic (exact) mass is 276 g/mol. The molecular formula is C12H21BrO2. The Morgan fingerprint density at radius 2 is 2.27 bits per heavy atom. The summed E-state index contributed by atoms with van der Waals surface area (Å²) in [7, 11) is 0. The number of rotatable bonds is 4. The van der Waals surface area contributed by atoms with E-state index in [4.69, 9.17) is 9.47 Å². The summed E-state index contributed by atoms with van der Waals surface area (Å²) in [5.74, 6) is 0. The Hall–Kier alpha value is 0.140. The largest absolute Gasteiger partial charge is 0.353 e. The third-order valence-electron chi connectivity index (χ3n) is 2.54. The number of allylic oxidation sites excluding steroid dienone is 1. The van der Waals surface area contributed by atoms with E-state index in [1.807, 2.05) is 13.8 Å². The molecule has 1 rings (SSSR count). The zero-order chi connectivity index (χ0) is 11.1. The van der Waals surface area contributed by atoms with E-state index in [1.54, 1.807) is 0 Å². The first-order valence-electron chi connectivity index (χ1n) is 5.85. The van der Waals surface area contributed by atoms with E-state index in [-0.39, 0.29) is 12.4 Å². The molecule has 0 aromatic rings. The van der Waals surface area contributed by atoms with Crippen LogP contribution in [0.1, 0.15) is 46.0 Å². The fraction of sp³-hybridized carbons (Fsp3) is 0.833. The van der Waals surface area contributed by atoms with Crippen molar-refractivity contribution in [3.63, 3.8) is 0 Å². The van der Waals surface area contributed by atoms with Crippen molar-refractivity contribution in [2.24, 2.45) is 0 Å². The molecule has 0 aromatic carbocycles. The molecule has 2 atom stereocenters. The van der Waals surface area contributed by atoms with Crippen molar-refractivity contribution in [2.75, 3.05) is 6.61 Å². The highest BCUT2D eigenvalue weighted by atomic mass is 79.9. The molecule has 0 saturated carbocycles. The van der Waals surface area contributed by atoms with Crippen LogP contribution < -0.4 is 0 Å². The summed E-state index contributed by atoms with van der Waals surface area (Å²) in [6.45, 7) is 4.66. The van der Waals surface area contributed by atoms with Crippen LogP contribution in [0.25, 0.3) is 0 Å². The molecule has 2 nitrogen and oxygen atoms in total. The third-order valence-corrected chi connectivity index (χ3v) is 3.20. The predicted molar refractivity (Wildman–Crippen MR) is 66.1 cm³/mol. The molecule has 0 aromatic heterocycles. The molecule has 0 radical (unpaired) electrons. The van der Waals surface area contributed by atoms with Gasteiger partial charge in [0.15, 0.2) is 6.29 Å². The Morgan fingerprint density at radius 3 is 3.00 bits per heavy atom. The van der Waals surface area contributed by atoms with E-state index in [0.717, 1.165) is 12.8 Å². The lowest BCUT2D eigenvalue weighted by atomic mass is 10.0. The quantitative estimate of drug-likeness (QED) is 0.723. The number of halogens is 1. The van der Waals surface area contributed by atoms with Gasteiger partial charge in [0.2, 0.25) is 0 Å². The molecule has 0 heterocycles. The van der Waals surface area contributed by atoms with Crippen LogP contribution in [0.2, 0.25) is 0 Å². The van der Waals surface area contributed by atoms with Crippen LogP contribution in [0.3, 0.4) is 0 Å². The van der Waals surface area contributed by atoms with Gasteiger partial charge in [-0.15, -0.1) is 0 Å². The summed E-state index contributed by atoms with van der Waals surface area (Å²) >= 11 is 3.58. The van der Waals surface area contributed by atoms with Crippen LogP contribution in [0.15, 0.2) is 10.6 Å². The highest BCUT2D eigenvalue weighted by molar-refractivity contribution is 9.11. The van der Waals surface area contributed by atoms with E-state index >= 15 is 0 Å². The molecule has 1 aliphatic carbocycles. The van der Waals surface area contributed by atoms with Crippen LogP contribution in [0.5, 0.6) is 0 Å². The summed E-state index contributed by atoms with van der Waals surface area (Å²) in [6, 6.07) is 0. The highest BCUT2D eigenvalue weighted by Gasteiger charge is 2.13. The molecule has 0 N–H and O–H groups in total. The highest BCUT2D eigenvalue weighted by Crippen LogP contribution is 2.23. The average molecular weight is 277 g/mol. The molecule has 88 valence electrons. The zero-order valence-corrected chi connectivity index (χ0v) is 11.3. The number of hydrogen-bond acceptors (Lipinski definition) is 2. The maximum Gasteiger partial charge on any atom is 0.155 e. The van der Waals surface area contributed by atoms with Gasteiger partial charge >= 0.3 is 0 Å². The van der Waals surface area contributed by atoms with Gasteiger partial charge < -0.3 is 9.47 Å². The van der Waals surface area contributed by atoms with Gasteiger partial charge in [0.1, 0.15) is 0 Å². The van der Waals surface area contributed by atoms with Crippen LogP contribution >= 0.6 is 15.9 Å². The van der Waals surface area contributed by atoms with Crippen molar-refractivity contribution >= 4 is 15.9 Å². The molecule has 2 unspecified atom stereocenters. The molecule has 3 heteroatoms. The smallest absolute Gasteiger partial charge is 0.155 e.